The van der Waals surface area contributed by atoms with Crippen molar-refractivity contribution in [1.29, 1.82) is 0 Å². The number of benzene rings is 1. The molecule has 1 aromatic rings. The molecule has 0 radical (unpaired) electrons. The molecule has 1 saturated carbocycles. The fourth-order valence-corrected chi connectivity index (χ4v) is 2.03. The lowest BCUT2D eigenvalue weighted by Crippen LogP contribution is -2.39. The van der Waals surface area contributed by atoms with E-state index in [4.69, 9.17) is 0 Å². The molecule has 94 valence electrons. The Balaban J connectivity index is 1.81. The van der Waals surface area contributed by atoms with Crippen LogP contribution in [-0.2, 0) is 0 Å². The van der Waals surface area contributed by atoms with Crippen LogP contribution < -0.4 is 5.32 Å². The molecular weight excluding hydrogens is 214 g/mol. The van der Waals surface area contributed by atoms with Crippen LogP contribution in [0.25, 0.3) is 0 Å². The van der Waals surface area contributed by atoms with Crippen LogP contribution in [0, 0.1) is 5.41 Å². The van der Waals surface area contributed by atoms with E-state index in [-0.39, 0.29) is 13.2 Å². The molecule has 1 aliphatic carbocycles. The van der Waals surface area contributed by atoms with E-state index in [1.165, 1.54) is 5.56 Å². The summed E-state index contributed by atoms with van der Waals surface area (Å²) in [6.45, 7) is 2.58. The molecule has 0 spiro atoms. The van der Waals surface area contributed by atoms with Gasteiger partial charge in [-0.2, -0.15) is 0 Å². The quantitative estimate of drug-likeness (QED) is 0.692. The third kappa shape index (κ3) is 3.06. The zero-order valence-corrected chi connectivity index (χ0v) is 10.3. The van der Waals surface area contributed by atoms with Gasteiger partial charge >= 0.3 is 0 Å². The molecule has 0 bridgehead atoms. The summed E-state index contributed by atoms with van der Waals surface area (Å²) in [4.78, 5) is 0. The third-order valence-corrected chi connectivity index (χ3v) is 3.57. The lowest BCUT2D eigenvalue weighted by molar-refractivity contribution is 0.0694. The summed E-state index contributed by atoms with van der Waals surface area (Å²) in [6, 6.07) is 11.0. The van der Waals surface area contributed by atoms with Gasteiger partial charge in [-0.25, -0.2) is 0 Å². The van der Waals surface area contributed by atoms with Crippen molar-refractivity contribution in [1.82, 2.24) is 5.32 Å². The molecule has 1 aliphatic rings. The van der Waals surface area contributed by atoms with Gasteiger partial charge in [0.1, 0.15) is 0 Å². The van der Waals surface area contributed by atoms with Crippen LogP contribution in [0.5, 0.6) is 0 Å². The monoisotopic (exact) mass is 235 g/mol. The summed E-state index contributed by atoms with van der Waals surface area (Å²) in [6.07, 6.45) is 1.15. The minimum absolute atomic E-state index is 0.0131. The van der Waals surface area contributed by atoms with Crippen molar-refractivity contribution < 1.29 is 10.2 Å². The fourth-order valence-electron chi connectivity index (χ4n) is 2.03. The summed E-state index contributed by atoms with van der Waals surface area (Å²) in [5, 5.41) is 21.8. The average molecular weight is 235 g/mol. The van der Waals surface area contributed by atoms with Gasteiger partial charge in [-0.15, -0.1) is 0 Å². The van der Waals surface area contributed by atoms with Gasteiger partial charge in [-0.05, 0) is 12.0 Å². The molecular formula is C14H21NO2. The minimum atomic E-state index is -0.413. The first-order valence-corrected chi connectivity index (χ1v) is 6.18. The first kappa shape index (κ1) is 12.6. The summed E-state index contributed by atoms with van der Waals surface area (Å²) in [5.74, 6) is 0.595. The van der Waals surface area contributed by atoms with Crippen molar-refractivity contribution in [2.45, 2.75) is 25.3 Å². The second-order valence-corrected chi connectivity index (χ2v) is 5.37. The van der Waals surface area contributed by atoms with E-state index in [0.717, 1.165) is 6.42 Å². The van der Waals surface area contributed by atoms with E-state index >= 15 is 0 Å². The molecule has 0 amide bonds. The van der Waals surface area contributed by atoms with Gasteiger partial charge in [0.05, 0.1) is 13.2 Å². The highest BCUT2D eigenvalue weighted by Crippen LogP contribution is 2.40. The van der Waals surface area contributed by atoms with Crippen molar-refractivity contribution in [3.8, 4) is 0 Å². The molecule has 2 atom stereocenters. The third-order valence-electron chi connectivity index (χ3n) is 3.57. The highest BCUT2D eigenvalue weighted by atomic mass is 16.3. The highest BCUT2D eigenvalue weighted by Gasteiger charge is 2.39. The lowest BCUT2D eigenvalue weighted by Gasteiger charge is -2.25. The highest BCUT2D eigenvalue weighted by molar-refractivity contribution is 5.27. The Morgan fingerprint density at radius 2 is 1.88 bits per heavy atom. The van der Waals surface area contributed by atoms with Gasteiger partial charge < -0.3 is 15.5 Å². The van der Waals surface area contributed by atoms with Crippen LogP contribution in [0.4, 0.5) is 0 Å². The zero-order chi connectivity index (χ0) is 12.3. The minimum Gasteiger partial charge on any atom is -0.396 e. The first-order valence-electron chi connectivity index (χ1n) is 6.18. The molecule has 17 heavy (non-hydrogen) atoms. The Hall–Kier alpha value is -0.900. The molecule has 1 fully saturated rings. The van der Waals surface area contributed by atoms with Crippen molar-refractivity contribution in [3.05, 3.63) is 35.9 Å². The van der Waals surface area contributed by atoms with Gasteiger partial charge in [-0.1, -0.05) is 37.3 Å². The van der Waals surface area contributed by atoms with Crippen LogP contribution >= 0.6 is 0 Å². The molecule has 3 heteroatoms. The second-order valence-electron chi connectivity index (χ2n) is 5.37. The second kappa shape index (κ2) is 5.17. The Labute approximate surface area is 102 Å². The van der Waals surface area contributed by atoms with Gasteiger partial charge in [0.2, 0.25) is 0 Å². The maximum absolute atomic E-state index is 9.20. The molecule has 2 unspecified atom stereocenters. The standard InChI is InChI=1S/C14H21NO2/c1-14(9-16,10-17)8-15-13-7-12(13)11-5-3-2-4-6-11/h2-6,12-13,15-17H,7-10H2,1H3. The number of aliphatic hydroxyl groups excluding tert-OH is 2. The van der Waals surface area contributed by atoms with Crippen LogP contribution in [0.1, 0.15) is 24.8 Å². The van der Waals surface area contributed by atoms with Crippen LogP contribution in [0.3, 0.4) is 0 Å². The summed E-state index contributed by atoms with van der Waals surface area (Å²) < 4.78 is 0. The Morgan fingerprint density at radius 1 is 1.24 bits per heavy atom. The van der Waals surface area contributed by atoms with Gasteiger partial charge in [0.15, 0.2) is 0 Å². The van der Waals surface area contributed by atoms with Crippen molar-refractivity contribution in [2.75, 3.05) is 19.8 Å². The summed E-state index contributed by atoms with van der Waals surface area (Å²) >= 11 is 0. The molecule has 3 N–H and O–H groups in total. The van der Waals surface area contributed by atoms with Crippen molar-refractivity contribution in [3.63, 3.8) is 0 Å². The van der Waals surface area contributed by atoms with Crippen molar-refractivity contribution in [2.24, 2.45) is 5.41 Å². The predicted octanol–water partition coefficient (Wildman–Crippen LogP) is 1.12. The first-order chi connectivity index (χ1) is 8.18. The Bertz CT molecular complexity index is 348. The van der Waals surface area contributed by atoms with E-state index in [1.54, 1.807) is 0 Å². The van der Waals surface area contributed by atoms with Crippen LogP contribution in [0.2, 0.25) is 0 Å². The van der Waals surface area contributed by atoms with Gasteiger partial charge in [0.25, 0.3) is 0 Å². The molecule has 0 aromatic heterocycles. The molecule has 2 rings (SSSR count). The number of rotatable bonds is 6. The lowest BCUT2D eigenvalue weighted by atomic mass is 9.93. The topological polar surface area (TPSA) is 52.5 Å². The number of hydrogen-bond donors (Lipinski definition) is 3. The maximum atomic E-state index is 9.20. The largest absolute Gasteiger partial charge is 0.396 e. The van der Waals surface area contributed by atoms with E-state index in [9.17, 15) is 10.2 Å². The fraction of sp³-hybridized carbons (Fsp3) is 0.571. The van der Waals surface area contributed by atoms with E-state index in [0.29, 0.717) is 18.5 Å². The number of nitrogens with one attached hydrogen (secondary N) is 1. The smallest absolute Gasteiger partial charge is 0.0518 e. The molecule has 1 aromatic carbocycles. The summed E-state index contributed by atoms with van der Waals surface area (Å²) in [7, 11) is 0. The molecule has 0 aliphatic heterocycles. The normalized spacial score (nSPS) is 23.7. The summed E-state index contributed by atoms with van der Waals surface area (Å²) in [5.41, 5.74) is 0.962. The Morgan fingerprint density at radius 3 is 2.47 bits per heavy atom. The molecule has 0 saturated heterocycles. The van der Waals surface area contributed by atoms with Gasteiger partial charge in [-0.3, -0.25) is 0 Å². The van der Waals surface area contributed by atoms with E-state index in [1.807, 2.05) is 13.0 Å². The average Bonchev–Trinajstić information content (AvgIpc) is 3.17. The maximum Gasteiger partial charge on any atom is 0.0518 e. The Kier molecular flexibility index (Phi) is 3.82. The van der Waals surface area contributed by atoms with E-state index < -0.39 is 5.41 Å². The number of aliphatic hydroxyl groups is 2. The van der Waals surface area contributed by atoms with Crippen LogP contribution in [-0.4, -0.2) is 36.0 Å². The van der Waals surface area contributed by atoms with E-state index in [2.05, 4.69) is 29.6 Å². The SMILES string of the molecule is CC(CO)(CO)CNC1CC1c1ccccc1. The zero-order valence-electron chi connectivity index (χ0n) is 10.3. The molecule has 3 nitrogen and oxygen atoms in total. The molecule has 0 heterocycles. The van der Waals surface area contributed by atoms with Gasteiger partial charge in [0, 0.05) is 23.9 Å². The van der Waals surface area contributed by atoms with Crippen LogP contribution in [0.15, 0.2) is 30.3 Å². The number of hydrogen-bond acceptors (Lipinski definition) is 3. The van der Waals surface area contributed by atoms with Crippen molar-refractivity contribution >= 4 is 0 Å². The predicted molar refractivity (Wildman–Crippen MR) is 67.9 cm³/mol.